The number of fused-ring (bicyclic) bond motifs is 1. The predicted octanol–water partition coefficient (Wildman–Crippen LogP) is 3.59. The van der Waals surface area contributed by atoms with Gasteiger partial charge in [0.15, 0.2) is 11.6 Å². The SMILES string of the molecule is Fc1ccc(Nc2nc3nonc3nc2N/N=C/c2ccco2)cc1Cl. The molecule has 4 aromatic rings. The fourth-order valence-corrected chi connectivity index (χ4v) is 2.22. The number of aromatic nitrogens is 4. The van der Waals surface area contributed by atoms with Crippen LogP contribution in [0, 0.1) is 5.82 Å². The Morgan fingerprint density at radius 3 is 2.65 bits per heavy atom. The molecule has 0 saturated carbocycles. The van der Waals surface area contributed by atoms with Crippen molar-refractivity contribution in [1.29, 1.82) is 0 Å². The highest BCUT2D eigenvalue weighted by Gasteiger charge is 2.13. The molecule has 0 aliphatic heterocycles. The Morgan fingerprint density at radius 2 is 1.92 bits per heavy atom. The summed E-state index contributed by atoms with van der Waals surface area (Å²) in [5.41, 5.74) is 3.63. The lowest BCUT2D eigenvalue weighted by atomic mass is 10.3. The van der Waals surface area contributed by atoms with Crippen molar-refractivity contribution in [2.75, 3.05) is 10.7 Å². The molecule has 0 unspecified atom stereocenters. The number of benzene rings is 1. The van der Waals surface area contributed by atoms with Crippen molar-refractivity contribution in [3.8, 4) is 0 Å². The molecule has 0 amide bonds. The summed E-state index contributed by atoms with van der Waals surface area (Å²) in [5.74, 6) is 0.541. The minimum atomic E-state index is -0.527. The molecule has 0 saturated heterocycles. The zero-order valence-electron chi connectivity index (χ0n) is 12.8. The summed E-state index contributed by atoms with van der Waals surface area (Å²) in [6.45, 7) is 0. The molecule has 9 nitrogen and oxygen atoms in total. The van der Waals surface area contributed by atoms with Crippen molar-refractivity contribution >= 4 is 46.4 Å². The molecule has 3 aromatic heterocycles. The number of anilines is 3. The molecule has 130 valence electrons. The molecule has 3 heterocycles. The molecule has 0 bridgehead atoms. The molecular weight excluding hydrogens is 365 g/mol. The van der Waals surface area contributed by atoms with Crippen LogP contribution in [0.5, 0.6) is 0 Å². The largest absolute Gasteiger partial charge is 0.463 e. The fraction of sp³-hybridized carbons (Fsp3) is 0. The third kappa shape index (κ3) is 3.30. The minimum Gasteiger partial charge on any atom is -0.463 e. The lowest BCUT2D eigenvalue weighted by Gasteiger charge is -2.09. The molecule has 2 N–H and O–H groups in total. The Balaban J connectivity index is 1.65. The Morgan fingerprint density at radius 1 is 1.12 bits per heavy atom. The maximum absolute atomic E-state index is 13.3. The molecule has 0 atom stereocenters. The van der Waals surface area contributed by atoms with Gasteiger partial charge in [0.05, 0.1) is 17.5 Å². The second-order valence-corrected chi connectivity index (χ2v) is 5.38. The summed E-state index contributed by atoms with van der Waals surface area (Å²) < 4.78 is 23.1. The van der Waals surface area contributed by atoms with Gasteiger partial charge < -0.3 is 9.73 Å². The normalized spacial score (nSPS) is 11.3. The molecule has 0 spiro atoms. The van der Waals surface area contributed by atoms with Gasteiger partial charge in [0, 0.05) is 5.69 Å². The lowest BCUT2D eigenvalue weighted by Crippen LogP contribution is -2.03. The van der Waals surface area contributed by atoms with Gasteiger partial charge in [-0.2, -0.15) is 10.1 Å². The zero-order chi connectivity index (χ0) is 17.9. The Bertz CT molecular complexity index is 1080. The third-order valence-electron chi connectivity index (χ3n) is 3.20. The van der Waals surface area contributed by atoms with Gasteiger partial charge in [-0.05, 0) is 40.6 Å². The van der Waals surface area contributed by atoms with Gasteiger partial charge in [-0.1, -0.05) is 11.6 Å². The van der Waals surface area contributed by atoms with Crippen LogP contribution in [-0.4, -0.2) is 26.5 Å². The van der Waals surface area contributed by atoms with Gasteiger partial charge >= 0.3 is 0 Å². The van der Waals surface area contributed by atoms with Crippen LogP contribution in [0.2, 0.25) is 5.02 Å². The van der Waals surface area contributed by atoms with Gasteiger partial charge in [-0.25, -0.2) is 14.0 Å². The van der Waals surface area contributed by atoms with E-state index in [4.69, 9.17) is 16.0 Å². The van der Waals surface area contributed by atoms with E-state index in [1.54, 1.807) is 12.1 Å². The quantitative estimate of drug-likeness (QED) is 0.403. The van der Waals surface area contributed by atoms with E-state index in [1.165, 1.54) is 30.7 Å². The van der Waals surface area contributed by atoms with Crippen LogP contribution in [0.25, 0.3) is 11.3 Å². The zero-order valence-corrected chi connectivity index (χ0v) is 13.6. The summed E-state index contributed by atoms with van der Waals surface area (Å²) in [6.07, 6.45) is 2.99. The third-order valence-corrected chi connectivity index (χ3v) is 3.49. The molecule has 26 heavy (non-hydrogen) atoms. The van der Waals surface area contributed by atoms with E-state index < -0.39 is 5.82 Å². The first kappa shape index (κ1) is 16.0. The van der Waals surface area contributed by atoms with Crippen molar-refractivity contribution in [2.24, 2.45) is 5.10 Å². The highest BCUT2D eigenvalue weighted by molar-refractivity contribution is 6.31. The first-order valence-corrected chi connectivity index (χ1v) is 7.62. The van der Waals surface area contributed by atoms with Crippen LogP contribution in [-0.2, 0) is 0 Å². The summed E-state index contributed by atoms with van der Waals surface area (Å²) in [7, 11) is 0. The van der Waals surface area contributed by atoms with E-state index in [0.29, 0.717) is 11.4 Å². The van der Waals surface area contributed by atoms with Crippen LogP contribution in [0.3, 0.4) is 0 Å². The maximum Gasteiger partial charge on any atom is 0.245 e. The fourth-order valence-electron chi connectivity index (χ4n) is 2.04. The number of hydrazone groups is 1. The highest BCUT2D eigenvalue weighted by atomic mass is 35.5. The number of furan rings is 1. The first-order valence-electron chi connectivity index (χ1n) is 7.24. The predicted molar refractivity (Wildman–Crippen MR) is 92.0 cm³/mol. The smallest absolute Gasteiger partial charge is 0.245 e. The number of halogens is 2. The number of hydrogen-bond acceptors (Lipinski definition) is 9. The Hall–Kier alpha value is -3.53. The van der Waals surface area contributed by atoms with Gasteiger partial charge in [0.1, 0.15) is 11.6 Å². The number of hydrogen-bond donors (Lipinski definition) is 2. The summed E-state index contributed by atoms with van der Waals surface area (Å²) in [4.78, 5) is 8.50. The van der Waals surface area contributed by atoms with Crippen LogP contribution >= 0.6 is 11.6 Å². The van der Waals surface area contributed by atoms with Crippen molar-refractivity contribution in [3.63, 3.8) is 0 Å². The molecule has 0 radical (unpaired) electrons. The van der Waals surface area contributed by atoms with Gasteiger partial charge in [0.25, 0.3) is 0 Å². The molecule has 4 rings (SSSR count). The Labute approximate surface area is 149 Å². The van der Waals surface area contributed by atoms with Gasteiger partial charge in [-0.3, -0.25) is 5.43 Å². The van der Waals surface area contributed by atoms with Crippen molar-refractivity contribution in [2.45, 2.75) is 0 Å². The van der Waals surface area contributed by atoms with Gasteiger partial charge in [-0.15, -0.1) is 0 Å². The number of nitrogens with one attached hydrogen (secondary N) is 2. The summed E-state index contributed by atoms with van der Waals surface area (Å²) in [6, 6.07) is 7.63. The van der Waals surface area contributed by atoms with Gasteiger partial charge in [0.2, 0.25) is 11.3 Å². The number of rotatable bonds is 5. The van der Waals surface area contributed by atoms with Crippen molar-refractivity contribution in [1.82, 2.24) is 20.3 Å². The van der Waals surface area contributed by atoms with E-state index in [0.717, 1.165) is 0 Å². The van der Waals surface area contributed by atoms with Crippen LogP contribution in [0.4, 0.5) is 21.7 Å². The van der Waals surface area contributed by atoms with E-state index in [9.17, 15) is 4.39 Å². The van der Waals surface area contributed by atoms with Crippen LogP contribution < -0.4 is 10.7 Å². The molecule has 0 aliphatic rings. The second kappa shape index (κ2) is 6.76. The summed E-state index contributed by atoms with van der Waals surface area (Å²) >= 11 is 5.80. The molecule has 1 aromatic carbocycles. The topological polar surface area (TPSA) is 114 Å². The maximum atomic E-state index is 13.3. The average molecular weight is 374 g/mol. The average Bonchev–Trinajstić information content (AvgIpc) is 3.29. The Kier molecular flexibility index (Phi) is 4.15. The second-order valence-electron chi connectivity index (χ2n) is 4.97. The van der Waals surface area contributed by atoms with Crippen molar-refractivity contribution < 1.29 is 13.4 Å². The van der Waals surface area contributed by atoms with E-state index in [1.807, 2.05) is 0 Å². The minimum absolute atomic E-state index is 0.0301. The molecular formula is C15H9ClFN7O2. The van der Waals surface area contributed by atoms with Crippen LogP contribution in [0.1, 0.15) is 5.76 Å². The van der Waals surface area contributed by atoms with Crippen LogP contribution in [0.15, 0.2) is 50.7 Å². The monoisotopic (exact) mass is 373 g/mol. The molecule has 11 heteroatoms. The lowest BCUT2D eigenvalue weighted by molar-refractivity contribution is 0.314. The molecule has 0 aliphatic carbocycles. The highest BCUT2D eigenvalue weighted by Crippen LogP contribution is 2.26. The standard InChI is InChI=1S/C15H9ClFN7O2/c16-10-6-8(3-4-11(10)17)19-12-13(21-15-14(20-12)23-26-24-15)22-18-7-9-2-1-5-25-9/h1-7H,(H,19,20,23)(H,21,22,24)/b18-7+. The molecule has 0 fully saturated rings. The van der Waals surface area contributed by atoms with E-state index in [-0.39, 0.29) is 28.0 Å². The number of nitrogens with zero attached hydrogens (tertiary/aromatic N) is 5. The van der Waals surface area contributed by atoms with E-state index in [2.05, 4.69) is 40.8 Å². The first-order chi connectivity index (χ1) is 12.7. The van der Waals surface area contributed by atoms with E-state index >= 15 is 0 Å². The van der Waals surface area contributed by atoms with Crippen molar-refractivity contribution in [3.05, 3.63) is 53.2 Å². The summed E-state index contributed by atoms with van der Waals surface area (Å²) in [5, 5.41) is 14.3.